The molecule has 0 radical (unpaired) electrons. The zero-order valence-electron chi connectivity index (χ0n) is 11.0. The third kappa shape index (κ3) is 3.59. The molecule has 18 heavy (non-hydrogen) atoms. The molecule has 1 atom stereocenters. The van der Waals surface area contributed by atoms with Crippen LogP contribution >= 0.6 is 0 Å². The molecule has 0 spiro atoms. The number of methoxy groups -OCH3 is 3. The Hall–Kier alpha value is -1.82. The highest BCUT2D eigenvalue weighted by Crippen LogP contribution is 2.19. The summed E-state index contributed by atoms with van der Waals surface area (Å²) in [5.74, 6) is 0.372. The summed E-state index contributed by atoms with van der Waals surface area (Å²) in [6, 6.07) is 3.30. The van der Waals surface area contributed by atoms with Crippen LogP contribution in [0.4, 0.5) is 5.82 Å². The van der Waals surface area contributed by atoms with Crippen LogP contribution in [0.15, 0.2) is 12.1 Å². The van der Waals surface area contributed by atoms with Crippen LogP contribution in [0.5, 0.6) is 5.88 Å². The summed E-state index contributed by atoms with van der Waals surface area (Å²) in [4.78, 5) is 15.6. The number of nitrogens with zero attached hydrogens (tertiary/aromatic N) is 1. The molecule has 1 aromatic heterocycles. The number of pyridine rings is 1. The van der Waals surface area contributed by atoms with Crippen LogP contribution in [-0.2, 0) is 9.47 Å². The first kappa shape index (κ1) is 14.2. The zero-order valence-corrected chi connectivity index (χ0v) is 11.0. The van der Waals surface area contributed by atoms with E-state index in [1.165, 1.54) is 14.2 Å². The second-order valence-corrected chi connectivity index (χ2v) is 3.67. The Morgan fingerprint density at radius 1 is 1.39 bits per heavy atom. The Balaban J connectivity index is 2.82. The molecule has 0 fully saturated rings. The first-order chi connectivity index (χ1) is 8.62. The van der Waals surface area contributed by atoms with E-state index in [2.05, 4.69) is 15.0 Å². The molecular weight excluding hydrogens is 236 g/mol. The molecule has 0 aromatic carbocycles. The topological polar surface area (TPSA) is 69.7 Å². The summed E-state index contributed by atoms with van der Waals surface area (Å²) < 4.78 is 14.8. The molecule has 6 heteroatoms. The van der Waals surface area contributed by atoms with E-state index >= 15 is 0 Å². The molecule has 100 valence electrons. The maximum atomic E-state index is 11.4. The van der Waals surface area contributed by atoms with Crippen LogP contribution in [0, 0.1) is 0 Å². The standard InChI is InChI=1S/C12H18N2O4/c1-8(16-2)7-13-10-6-5-9(12(15)18-4)11(14-10)17-3/h5-6,8H,7H2,1-4H3,(H,13,14). The second kappa shape index (κ2) is 6.80. The fourth-order valence-electron chi connectivity index (χ4n) is 1.29. The lowest BCUT2D eigenvalue weighted by Crippen LogP contribution is -2.19. The van der Waals surface area contributed by atoms with Crippen molar-refractivity contribution in [1.82, 2.24) is 4.98 Å². The Labute approximate surface area is 106 Å². The Morgan fingerprint density at radius 2 is 2.11 bits per heavy atom. The van der Waals surface area contributed by atoms with Crippen LogP contribution in [0.3, 0.4) is 0 Å². The summed E-state index contributed by atoms with van der Waals surface area (Å²) >= 11 is 0. The molecule has 0 bridgehead atoms. The van der Waals surface area contributed by atoms with Gasteiger partial charge in [0.25, 0.3) is 0 Å². The highest BCUT2D eigenvalue weighted by atomic mass is 16.5. The molecule has 0 aliphatic carbocycles. The van der Waals surface area contributed by atoms with E-state index in [0.717, 1.165) is 0 Å². The van der Waals surface area contributed by atoms with Gasteiger partial charge in [-0.25, -0.2) is 4.79 Å². The number of carbonyl (C=O) groups is 1. The molecule has 1 heterocycles. The van der Waals surface area contributed by atoms with E-state index in [4.69, 9.17) is 9.47 Å². The third-order valence-corrected chi connectivity index (χ3v) is 2.43. The largest absolute Gasteiger partial charge is 0.480 e. The van der Waals surface area contributed by atoms with E-state index in [1.54, 1.807) is 19.2 Å². The van der Waals surface area contributed by atoms with Crippen molar-refractivity contribution in [2.24, 2.45) is 0 Å². The van der Waals surface area contributed by atoms with Crippen LogP contribution in [-0.4, -0.2) is 44.9 Å². The molecule has 1 N–H and O–H groups in total. The molecular formula is C12H18N2O4. The van der Waals surface area contributed by atoms with Crippen LogP contribution in [0.25, 0.3) is 0 Å². The van der Waals surface area contributed by atoms with Crippen molar-refractivity contribution in [2.45, 2.75) is 13.0 Å². The molecule has 0 saturated heterocycles. The molecule has 0 saturated carbocycles. The number of carbonyl (C=O) groups excluding carboxylic acids is 1. The fourth-order valence-corrected chi connectivity index (χ4v) is 1.29. The van der Waals surface area contributed by atoms with E-state index in [0.29, 0.717) is 17.9 Å². The van der Waals surface area contributed by atoms with Gasteiger partial charge in [-0.15, -0.1) is 0 Å². The molecule has 1 rings (SSSR count). The summed E-state index contributed by atoms with van der Waals surface area (Å²) in [6.07, 6.45) is 0.0677. The van der Waals surface area contributed by atoms with Gasteiger partial charge in [0.15, 0.2) is 0 Å². The number of nitrogens with one attached hydrogen (secondary N) is 1. The highest BCUT2D eigenvalue weighted by Gasteiger charge is 2.14. The lowest BCUT2D eigenvalue weighted by atomic mass is 10.2. The van der Waals surface area contributed by atoms with Crippen LogP contribution in [0.1, 0.15) is 17.3 Å². The van der Waals surface area contributed by atoms with Crippen LogP contribution < -0.4 is 10.1 Å². The predicted octanol–water partition coefficient (Wildman–Crippen LogP) is 1.32. The lowest BCUT2D eigenvalue weighted by molar-refractivity contribution is 0.0596. The quantitative estimate of drug-likeness (QED) is 0.772. The summed E-state index contributed by atoms with van der Waals surface area (Å²) in [5.41, 5.74) is 0.297. The van der Waals surface area contributed by atoms with Crippen molar-refractivity contribution in [3.63, 3.8) is 0 Å². The van der Waals surface area contributed by atoms with Gasteiger partial charge in [-0.05, 0) is 19.1 Å². The molecule has 1 unspecified atom stereocenters. The van der Waals surface area contributed by atoms with Gasteiger partial charge in [0, 0.05) is 13.7 Å². The van der Waals surface area contributed by atoms with Gasteiger partial charge >= 0.3 is 5.97 Å². The minimum Gasteiger partial charge on any atom is -0.480 e. The maximum Gasteiger partial charge on any atom is 0.343 e. The highest BCUT2D eigenvalue weighted by molar-refractivity contribution is 5.92. The van der Waals surface area contributed by atoms with Crippen molar-refractivity contribution in [3.8, 4) is 5.88 Å². The Kier molecular flexibility index (Phi) is 5.38. The monoisotopic (exact) mass is 254 g/mol. The molecule has 6 nitrogen and oxygen atoms in total. The number of ether oxygens (including phenoxy) is 3. The van der Waals surface area contributed by atoms with E-state index < -0.39 is 5.97 Å². The Bertz CT molecular complexity index is 409. The third-order valence-electron chi connectivity index (χ3n) is 2.43. The smallest absolute Gasteiger partial charge is 0.343 e. The first-order valence-corrected chi connectivity index (χ1v) is 5.52. The predicted molar refractivity (Wildman–Crippen MR) is 67.1 cm³/mol. The fraction of sp³-hybridized carbons (Fsp3) is 0.500. The summed E-state index contributed by atoms with van der Waals surface area (Å²) in [5, 5.41) is 3.09. The van der Waals surface area contributed by atoms with Crippen LogP contribution in [0.2, 0.25) is 0 Å². The van der Waals surface area contributed by atoms with Gasteiger partial charge in [0.05, 0.1) is 20.3 Å². The molecule has 0 aliphatic heterocycles. The van der Waals surface area contributed by atoms with E-state index in [1.807, 2.05) is 6.92 Å². The van der Waals surface area contributed by atoms with Crippen molar-refractivity contribution in [3.05, 3.63) is 17.7 Å². The van der Waals surface area contributed by atoms with Gasteiger partial charge in [0.1, 0.15) is 11.4 Å². The minimum atomic E-state index is -0.476. The number of anilines is 1. The number of rotatable bonds is 6. The molecule has 0 aliphatic rings. The normalized spacial score (nSPS) is 11.8. The first-order valence-electron chi connectivity index (χ1n) is 5.52. The number of hydrogen-bond donors (Lipinski definition) is 1. The van der Waals surface area contributed by atoms with E-state index in [-0.39, 0.29) is 12.0 Å². The van der Waals surface area contributed by atoms with Crippen molar-refractivity contribution in [2.75, 3.05) is 33.2 Å². The van der Waals surface area contributed by atoms with Gasteiger partial charge in [-0.3, -0.25) is 0 Å². The minimum absolute atomic E-state index is 0.0677. The van der Waals surface area contributed by atoms with E-state index in [9.17, 15) is 4.79 Å². The maximum absolute atomic E-state index is 11.4. The molecule has 1 aromatic rings. The van der Waals surface area contributed by atoms with Crippen molar-refractivity contribution < 1.29 is 19.0 Å². The van der Waals surface area contributed by atoms with Gasteiger partial charge in [-0.2, -0.15) is 4.98 Å². The number of esters is 1. The average Bonchev–Trinajstić information content (AvgIpc) is 2.43. The average molecular weight is 254 g/mol. The van der Waals surface area contributed by atoms with Crippen molar-refractivity contribution >= 4 is 11.8 Å². The Morgan fingerprint density at radius 3 is 2.67 bits per heavy atom. The lowest BCUT2D eigenvalue weighted by Gasteiger charge is -2.12. The number of aromatic nitrogens is 1. The summed E-state index contributed by atoms with van der Waals surface area (Å²) in [7, 11) is 4.41. The zero-order chi connectivity index (χ0) is 13.5. The number of hydrogen-bond acceptors (Lipinski definition) is 6. The summed E-state index contributed by atoms with van der Waals surface area (Å²) in [6.45, 7) is 2.55. The molecule has 0 amide bonds. The second-order valence-electron chi connectivity index (χ2n) is 3.67. The van der Waals surface area contributed by atoms with Crippen molar-refractivity contribution in [1.29, 1.82) is 0 Å². The SMILES string of the molecule is COC(=O)c1ccc(NCC(C)OC)nc1OC. The van der Waals surface area contributed by atoms with Gasteiger partial charge < -0.3 is 19.5 Å². The van der Waals surface area contributed by atoms with Gasteiger partial charge in [-0.1, -0.05) is 0 Å². The van der Waals surface area contributed by atoms with Gasteiger partial charge in [0.2, 0.25) is 5.88 Å².